The average Bonchev–Trinajstić information content (AvgIpc) is 3.15. The van der Waals surface area contributed by atoms with Gasteiger partial charge < -0.3 is 27.9 Å². The van der Waals surface area contributed by atoms with Crippen LogP contribution in [0.2, 0.25) is 0 Å². The van der Waals surface area contributed by atoms with Gasteiger partial charge in [-0.05, 0) is 83.5 Å². The van der Waals surface area contributed by atoms with Gasteiger partial charge in [-0.15, -0.1) is 0 Å². The van der Waals surface area contributed by atoms with Crippen LogP contribution in [0.1, 0.15) is 168 Å². The van der Waals surface area contributed by atoms with Crippen molar-refractivity contribution in [1.82, 2.24) is 0 Å². The molecule has 0 saturated heterocycles. The van der Waals surface area contributed by atoms with Crippen molar-refractivity contribution < 1.29 is 42.1 Å². The van der Waals surface area contributed by atoms with Gasteiger partial charge in [-0.2, -0.15) is 0 Å². The zero-order valence-electron chi connectivity index (χ0n) is 36.3. The Labute approximate surface area is 343 Å². The lowest BCUT2D eigenvalue weighted by molar-refractivity contribution is -0.870. The van der Waals surface area contributed by atoms with Crippen LogP contribution in [0, 0.1) is 0 Å². The van der Waals surface area contributed by atoms with Crippen LogP contribution >= 0.6 is 7.82 Å². The Balaban J connectivity index is 4.45. The molecule has 0 aromatic carbocycles. The van der Waals surface area contributed by atoms with Crippen molar-refractivity contribution in [3.8, 4) is 0 Å². The fourth-order valence-electron chi connectivity index (χ4n) is 5.51. The number of carbonyl (C=O) groups excluding carboxylic acids is 2. The Hall–Kier alpha value is -2.29. The van der Waals surface area contributed by atoms with Crippen molar-refractivity contribution in [3.05, 3.63) is 60.8 Å². The number of hydrogen-bond acceptors (Lipinski definition) is 8. The van der Waals surface area contributed by atoms with E-state index in [2.05, 4.69) is 74.6 Å². The Bertz CT molecular complexity index is 1140. The molecule has 56 heavy (non-hydrogen) atoms. The Morgan fingerprint density at radius 1 is 0.554 bits per heavy atom. The van der Waals surface area contributed by atoms with Crippen LogP contribution in [0.25, 0.3) is 0 Å². The summed E-state index contributed by atoms with van der Waals surface area (Å²) in [6.07, 6.45) is 45.2. The molecule has 0 radical (unpaired) electrons. The van der Waals surface area contributed by atoms with Gasteiger partial charge in [0.1, 0.15) is 19.8 Å². The molecule has 2 atom stereocenters. The van der Waals surface area contributed by atoms with Gasteiger partial charge in [0.05, 0.1) is 27.7 Å². The molecule has 9 nitrogen and oxygen atoms in total. The van der Waals surface area contributed by atoms with Crippen molar-refractivity contribution in [1.29, 1.82) is 0 Å². The van der Waals surface area contributed by atoms with Gasteiger partial charge >= 0.3 is 11.9 Å². The zero-order chi connectivity index (χ0) is 41.4. The number of nitrogens with zero attached hydrogens (tertiary/aromatic N) is 1. The van der Waals surface area contributed by atoms with E-state index in [-0.39, 0.29) is 26.1 Å². The van der Waals surface area contributed by atoms with Gasteiger partial charge in [0, 0.05) is 12.8 Å². The highest BCUT2D eigenvalue weighted by Gasteiger charge is 2.21. The number of phosphoric acid groups is 1. The van der Waals surface area contributed by atoms with Crippen molar-refractivity contribution in [3.63, 3.8) is 0 Å². The number of esters is 2. The number of carbonyl (C=O) groups is 2. The third kappa shape index (κ3) is 41.3. The molecule has 0 fully saturated rings. The minimum absolute atomic E-state index is 0.0404. The summed E-state index contributed by atoms with van der Waals surface area (Å²) in [6, 6.07) is 0. The molecule has 0 aliphatic carbocycles. The standard InChI is InChI=1S/C46H82NO8P/c1-6-8-10-12-14-16-18-20-22-23-25-27-29-31-33-35-37-39-46(49)55-44(43-54-56(50,51)53-41-40-47(3,4)5)42-52-45(48)38-36-34-32-30-28-26-24-21-19-17-15-13-11-9-7-2/h14-17,20-22,24-25,27,44H,6-13,18-19,23,26,28-43H2,1-5H3/b16-14+,17-15+,22-20+,24-21+,27-25+/t44-/m1/s1. The number of quaternary nitrogens is 1. The van der Waals surface area contributed by atoms with Crippen molar-refractivity contribution in [2.45, 2.75) is 174 Å². The third-order valence-corrected chi connectivity index (χ3v) is 9.97. The van der Waals surface area contributed by atoms with Crippen LogP contribution in [0.15, 0.2) is 60.8 Å². The van der Waals surface area contributed by atoms with Crippen LogP contribution in [-0.2, 0) is 32.7 Å². The first-order valence-electron chi connectivity index (χ1n) is 22.0. The minimum atomic E-state index is -4.64. The predicted octanol–water partition coefficient (Wildman–Crippen LogP) is 11.8. The molecule has 0 spiro atoms. The molecule has 1 unspecified atom stereocenters. The maximum absolute atomic E-state index is 12.7. The van der Waals surface area contributed by atoms with Crippen molar-refractivity contribution >= 4 is 19.8 Å². The van der Waals surface area contributed by atoms with Gasteiger partial charge in [0.2, 0.25) is 0 Å². The lowest BCUT2D eigenvalue weighted by Gasteiger charge is -2.28. The summed E-state index contributed by atoms with van der Waals surface area (Å²) in [5.74, 6) is -0.880. The molecule has 0 heterocycles. The third-order valence-electron chi connectivity index (χ3n) is 9.01. The molecule has 0 aliphatic rings. The summed E-state index contributed by atoms with van der Waals surface area (Å²) < 4.78 is 33.9. The van der Waals surface area contributed by atoms with Crippen LogP contribution in [0.3, 0.4) is 0 Å². The lowest BCUT2D eigenvalue weighted by atomic mass is 10.1. The Kier molecular flexibility index (Phi) is 36.7. The zero-order valence-corrected chi connectivity index (χ0v) is 37.2. The second-order valence-electron chi connectivity index (χ2n) is 15.7. The molecule has 0 aromatic rings. The number of ether oxygens (including phenoxy) is 2. The monoisotopic (exact) mass is 808 g/mol. The highest BCUT2D eigenvalue weighted by molar-refractivity contribution is 7.45. The quantitative estimate of drug-likeness (QED) is 0.0198. The predicted molar refractivity (Wildman–Crippen MR) is 231 cm³/mol. The molecule has 10 heteroatoms. The molecule has 0 amide bonds. The van der Waals surface area contributed by atoms with Crippen LogP contribution in [-0.4, -0.2) is 70.0 Å². The molecule has 0 bridgehead atoms. The highest BCUT2D eigenvalue weighted by Crippen LogP contribution is 2.38. The first-order chi connectivity index (χ1) is 27.0. The van der Waals surface area contributed by atoms with Crippen LogP contribution < -0.4 is 4.89 Å². The molecule has 324 valence electrons. The van der Waals surface area contributed by atoms with E-state index in [1.165, 1.54) is 51.4 Å². The SMILES string of the molecule is CCCCC/C=C/C/C=C/C/C=C/CCCCCCC(=O)O[C@H](COC(=O)CCCCCCC/C=C/C/C=C/CCCCC)COP(=O)([O-])OCC[N+](C)(C)C. The molecule has 0 N–H and O–H groups in total. The Morgan fingerprint density at radius 2 is 0.964 bits per heavy atom. The number of allylic oxidation sites excluding steroid dienone is 10. The smallest absolute Gasteiger partial charge is 0.306 e. The summed E-state index contributed by atoms with van der Waals surface area (Å²) in [5.41, 5.74) is 0. The van der Waals surface area contributed by atoms with Crippen LogP contribution in [0.5, 0.6) is 0 Å². The summed E-state index contributed by atoms with van der Waals surface area (Å²) in [6.45, 7) is 4.11. The van der Waals surface area contributed by atoms with Crippen molar-refractivity contribution in [2.24, 2.45) is 0 Å². The lowest BCUT2D eigenvalue weighted by Crippen LogP contribution is -2.37. The van der Waals surface area contributed by atoms with E-state index < -0.39 is 32.5 Å². The maximum Gasteiger partial charge on any atom is 0.306 e. The van der Waals surface area contributed by atoms with Crippen molar-refractivity contribution in [2.75, 3.05) is 47.5 Å². The summed E-state index contributed by atoms with van der Waals surface area (Å²) in [4.78, 5) is 37.5. The van der Waals surface area contributed by atoms with Crippen LogP contribution in [0.4, 0.5) is 0 Å². The number of hydrogen-bond donors (Lipinski definition) is 0. The second-order valence-corrected chi connectivity index (χ2v) is 17.1. The van der Waals surface area contributed by atoms with E-state index in [0.717, 1.165) is 77.0 Å². The maximum atomic E-state index is 12.7. The first-order valence-corrected chi connectivity index (χ1v) is 23.5. The normalized spacial score (nSPS) is 14.2. The van der Waals surface area contributed by atoms with E-state index in [9.17, 15) is 19.0 Å². The van der Waals surface area contributed by atoms with Gasteiger partial charge in [-0.25, -0.2) is 0 Å². The highest BCUT2D eigenvalue weighted by atomic mass is 31.2. The Morgan fingerprint density at radius 3 is 1.43 bits per heavy atom. The van der Waals surface area contributed by atoms with E-state index in [4.69, 9.17) is 18.5 Å². The fourth-order valence-corrected chi connectivity index (χ4v) is 6.24. The summed E-state index contributed by atoms with van der Waals surface area (Å²) >= 11 is 0. The molecule has 0 saturated carbocycles. The number of unbranched alkanes of at least 4 members (excludes halogenated alkanes) is 15. The minimum Gasteiger partial charge on any atom is -0.756 e. The van der Waals surface area contributed by atoms with E-state index in [1.807, 2.05) is 21.1 Å². The van der Waals surface area contributed by atoms with E-state index in [0.29, 0.717) is 23.9 Å². The summed E-state index contributed by atoms with van der Waals surface area (Å²) in [7, 11) is 1.13. The van der Waals surface area contributed by atoms with E-state index in [1.54, 1.807) is 0 Å². The van der Waals surface area contributed by atoms with Gasteiger partial charge in [0.15, 0.2) is 6.10 Å². The largest absolute Gasteiger partial charge is 0.756 e. The van der Waals surface area contributed by atoms with Gasteiger partial charge in [-0.1, -0.05) is 132 Å². The number of likely N-dealkylation sites (N-methyl/N-ethyl adjacent to an activating group) is 1. The first kappa shape index (κ1) is 53.7. The van der Waals surface area contributed by atoms with Gasteiger partial charge in [-0.3, -0.25) is 14.2 Å². The van der Waals surface area contributed by atoms with E-state index >= 15 is 0 Å². The molecule has 0 aliphatic heterocycles. The summed E-state index contributed by atoms with van der Waals surface area (Å²) in [5, 5.41) is 0. The fraction of sp³-hybridized carbons (Fsp3) is 0.739. The molecule has 0 aromatic heterocycles. The molecule has 0 rings (SSSR count). The topological polar surface area (TPSA) is 111 Å². The number of rotatable bonds is 39. The second kappa shape index (κ2) is 38.2. The molecular formula is C46H82NO8P. The average molecular weight is 808 g/mol. The van der Waals surface area contributed by atoms with Gasteiger partial charge in [0.25, 0.3) is 7.82 Å². The molecular weight excluding hydrogens is 725 g/mol. The number of phosphoric ester groups is 1.